The van der Waals surface area contributed by atoms with E-state index in [-0.39, 0.29) is 27.4 Å². The molecule has 2 aromatic rings. The smallest absolute Gasteiger partial charge is 0.251 e. The van der Waals surface area contributed by atoms with Crippen molar-refractivity contribution in [2.75, 3.05) is 14.1 Å². The molecular weight excluding hydrogens is 360 g/mol. The van der Waals surface area contributed by atoms with Crippen LogP contribution >= 0.6 is 11.6 Å². The Morgan fingerprint density at radius 3 is 2.28 bits per heavy atom. The molecule has 1 unspecified atom stereocenters. The zero-order valence-corrected chi connectivity index (χ0v) is 16.1. The van der Waals surface area contributed by atoms with Gasteiger partial charge in [0.05, 0.1) is 11.1 Å². The summed E-state index contributed by atoms with van der Waals surface area (Å²) in [4.78, 5) is 12.4. The molecule has 0 bridgehead atoms. The van der Waals surface area contributed by atoms with E-state index in [1.807, 2.05) is 38.1 Å². The number of nitrogens with zero attached hydrogens (tertiary/aromatic N) is 1. The highest BCUT2D eigenvalue weighted by Crippen LogP contribution is 2.25. The van der Waals surface area contributed by atoms with Crippen molar-refractivity contribution in [3.63, 3.8) is 0 Å². The van der Waals surface area contributed by atoms with Crippen molar-refractivity contribution >= 4 is 27.5 Å². The predicted octanol–water partition coefficient (Wildman–Crippen LogP) is 3.39. The molecule has 0 aliphatic rings. The standard InChI is InChI=1S/C18H21ClN2O3S/c1-12-5-7-14(8-6-12)13(2)20-18(22)15-9-10-16(19)17(11-15)25(23,24)21(3)4/h5-11,13H,1-4H3,(H,20,22). The number of carbonyl (C=O) groups excluding carboxylic acids is 1. The zero-order chi connectivity index (χ0) is 18.8. The highest BCUT2D eigenvalue weighted by Gasteiger charge is 2.23. The van der Waals surface area contributed by atoms with Crippen LogP contribution in [0.4, 0.5) is 0 Å². The van der Waals surface area contributed by atoms with Gasteiger partial charge in [-0.15, -0.1) is 0 Å². The van der Waals surface area contributed by atoms with E-state index in [1.165, 1.54) is 32.3 Å². The number of nitrogens with one attached hydrogen (secondary N) is 1. The monoisotopic (exact) mass is 380 g/mol. The minimum atomic E-state index is -3.73. The molecule has 1 N–H and O–H groups in total. The summed E-state index contributed by atoms with van der Waals surface area (Å²) in [5, 5.41) is 2.95. The van der Waals surface area contributed by atoms with Gasteiger partial charge in [-0.2, -0.15) is 0 Å². The first-order valence-electron chi connectivity index (χ1n) is 7.72. The highest BCUT2D eigenvalue weighted by molar-refractivity contribution is 7.89. The molecule has 0 aliphatic carbocycles. The average Bonchev–Trinajstić information content (AvgIpc) is 2.55. The van der Waals surface area contributed by atoms with Crippen molar-refractivity contribution in [1.82, 2.24) is 9.62 Å². The minimum Gasteiger partial charge on any atom is -0.346 e. The third kappa shape index (κ3) is 4.39. The second-order valence-corrected chi connectivity index (χ2v) is 8.57. The zero-order valence-electron chi connectivity index (χ0n) is 14.6. The molecule has 1 atom stereocenters. The maximum absolute atomic E-state index is 12.5. The van der Waals surface area contributed by atoms with Gasteiger partial charge >= 0.3 is 0 Å². The number of hydrogen-bond acceptors (Lipinski definition) is 3. The third-order valence-corrected chi connectivity index (χ3v) is 6.17. The number of benzene rings is 2. The third-order valence-electron chi connectivity index (χ3n) is 3.88. The lowest BCUT2D eigenvalue weighted by molar-refractivity contribution is 0.0939. The van der Waals surface area contributed by atoms with E-state index in [4.69, 9.17) is 11.6 Å². The lowest BCUT2D eigenvalue weighted by atomic mass is 10.1. The Bertz CT molecular complexity index is 878. The molecule has 25 heavy (non-hydrogen) atoms. The Morgan fingerprint density at radius 2 is 1.72 bits per heavy atom. The van der Waals surface area contributed by atoms with Gasteiger partial charge in [0.2, 0.25) is 10.0 Å². The van der Waals surface area contributed by atoms with E-state index >= 15 is 0 Å². The van der Waals surface area contributed by atoms with E-state index in [1.54, 1.807) is 0 Å². The second-order valence-electron chi connectivity index (χ2n) is 6.04. The van der Waals surface area contributed by atoms with Gasteiger partial charge in [0.25, 0.3) is 5.91 Å². The first kappa shape index (κ1) is 19.4. The summed E-state index contributed by atoms with van der Waals surface area (Å²) in [6, 6.07) is 11.9. The van der Waals surface area contributed by atoms with Crippen molar-refractivity contribution in [3.8, 4) is 0 Å². The van der Waals surface area contributed by atoms with Crippen LogP contribution in [0.5, 0.6) is 0 Å². The van der Waals surface area contributed by atoms with Crippen molar-refractivity contribution < 1.29 is 13.2 Å². The molecule has 2 aromatic carbocycles. The summed E-state index contributed by atoms with van der Waals surface area (Å²) in [7, 11) is -0.898. The summed E-state index contributed by atoms with van der Waals surface area (Å²) in [5.41, 5.74) is 2.34. The predicted molar refractivity (Wildman–Crippen MR) is 99.4 cm³/mol. The summed E-state index contributed by atoms with van der Waals surface area (Å²) < 4.78 is 25.7. The maximum Gasteiger partial charge on any atom is 0.251 e. The first-order valence-corrected chi connectivity index (χ1v) is 9.54. The van der Waals surface area contributed by atoms with Crippen LogP contribution < -0.4 is 5.32 Å². The fourth-order valence-electron chi connectivity index (χ4n) is 2.26. The molecule has 0 fully saturated rings. The molecule has 0 aliphatic heterocycles. The molecule has 0 heterocycles. The molecule has 134 valence electrons. The topological polar surface area (TPSA) is 66.5 Å². The van der Waals surface area contributed by atoms with Gasteiger partial charge in [-0.1, -0.05) is 41.4 Å². The quantitative estimate of drug-likeness (QED) is 0.864. The fraction of sp³-hybridized carbons (Fsp3) is 0.278. The molecule has 0 spiro atoms. The number of carbonyl (C=O) groups is 1. The van der Waals surface area contributed by atoms with Crippen molar-refractivity contribution in [2.45, 2.75) is 24.8 Å². The van der Waals surface area contributed by atoms with Crippen molar-refractivity contribution in [3.05, 3.63) is 64.2 Å². The normalized spacial score (nSPS) is 12.9. The number of hydrogen-bond donors (Lipinski definition) is 1. The van der Waals surface area contributed by atoms with Crippen LogP contribution in [0.25, 0.3) is 0 Å². The Kier molecular flexibility index (Phi) is 5.87. The molecule has 0 saturated heterocycles. The van der Waals surface area contributed by atoms with E-state index < -0.39 is 10.0 Å². The van der Waals surface area contributed by atoms with E-state index in [0.717, 1.165) is 15.4 Å². The van der Waals surface area contributed by atoms with Crippen LogP contribution in [0, 0.1) is 6.92 Å². The van der Waals surface area contributed by atoms with Gasteiger partial charge < -0.3 is 5.32 Å². The van der Waals surface area contributed by atoms with Crippen LogP contribution in [-0.4, -0.2) is 32.7 Å². The van der Waals surface area contributed by atoms with Crippen LogP contribution in [0.1, 0.15) is 34.5 Å². The number of sulfonamides is 1. The van der Waals surface area contributed by atoms with Crippen molar-refractivity contribution in [2.24, 2.45) is 0 Å². The van der Waals surface area contributed by atoms with Crippen molar-refractivity contribution in [1.29, 1.82) is 0 Å². The summed E-state index contributed by atoms with van der Waals surface area (Å²) in [6.07, 6.45) is 0. The summed E-state index contributed by atoms with van der Waals surface area (Å²) in [5.74, 6) is -0.361. The van der Waals surface area contributed by atoms with E-state index in [2.05, 4.69) is 5.32 Å². The summed E-state index contributed by atoms with van der Waals surface area (Å²) in [6.45, 7) is 3.86. The average molecular weight is 381 g/mol. The summed E-state index contributed by atoms with van der Waals surface area (Å²) >= 11 is 6.01. The SMILES string of the molecule is Cc1ccc(C(C)NC(=O)c2ccc(Cl)c(S(=O)(=O)N(C)C)c2)cc1. The number of amides is 1. The number of aryl methyl sites for hydroxylation is 1. The van der Waals surface area contributed by atoms with Gasteiger partial charge in [-0.25, -0.2) is 12.7 Å². The van der Waals surface area contributed by atoms with Gasteiger partial charge in [-0.05, 0) is 37.6 Å². The lowest BCUT2D eigenvalue weighted by Gasteiger charge is -2.16. The number of rotatable bonds is 5. The molecule has 0 aromatic heterocycles. The molecule has 2 rings (SSSR count). The van der Waals surface area contributed by atoms with Crippen LogP contribution in [0.3, 0.4) is 0 Å². The van der Waals surface area contributed by atoms with Crippen LogP contribution in [-0.2, 0) is 10.0 Å². The van der Waals surface area contributed by atoms with E-state index in [9.17, 15) is 13.2 Å². The van der Waals surface area contributed by atoms with Crippen LogP contribution in [0.15, 0.2) is 47.4 Å². The highest BCUT2D eigenvalue weighted by atomic mass is 35.5. The molecule has 5 nitrogen and oxygen atoms in total. The molecule has 0 saturated carbocycles. The molecule has 0 radical (unpaired) electrons. The Labute approximate surface area is 153 Å². The first-order chi connectivity index (χ1) is 11.6. The van der Waals surface area contributed by atoms with E-state index in [0.29, 0.717) is 0 Å². The number of halogens is 1. The molecule has 7 heteroatoms. The van der Waals surface area contributed by atoms with Gasteiger partial charge in [-0.3, -0.25) is 4.79 Å². The van der Waals surface area contributed by atoms with Gasteiger partial charge in [0.1, 0.15) is 4.90 Å². The van der Waals surface area contributed by atoms with Gasteiger partial charge in [0, 0.05) is 19.7 Å². The van der Waals surface area contributed by atoms with Crippen LogP contribution in [0.2, 0.25) is 5.02 Å². The minimum absolute atomic E-state index is 0.0804. The Balaban J connectivity index is 2.27. The largest absolute Gasteiger partial charge is 0.346 e. The molecule has 1 amide bonds. The Morgan fingerprint density at radius 1 is 1.12 bits per heavy atom. The van der Waals surface area contributed by atoms with Gasteiger partial charge in [0.15, 0.2) is 0 Å². The second kappa shape index (κ2) is 7.56. The maximum atomic E-state index is 12.5. The lowest BCUT2D eigenvalue weighted by Crippen LogP contribution is -2.27. The Hall–Kier alpha value is -1.89. The fourth-order valence-corrected chi connectivity index (χ4v) is 3.65. The molecular formula is C18H21ClN2O3S.